The summed E-state index contributed by atoms with van der Waals surface area (Å²) in [7, 11) is 0. The predicted octanol–water partition coefficient (Wildman–Crippen LogP) is 0.910. The lowest BCUT2D eigenvalue weighted by Crippen LogP contribution is -2.38. The minimum atomic E-state index is -0.839. The number of morpholine rings is 1. The van der Waals surface area contributed by atoms with Gasteiger partial charge >= 0.3 is 5.97 Å². The summed E-state index contributed by atoms with van der Waals surface area (Å²) in [4.78, 5) is 13.1. The van der Waals surface area contributed by atoms with Crippen molar-refractivity contribution in [2.24, 2.45) is 0 Å². The number of hydrogen-bond acceptors (Lipinski definition) is 6. The molecule has 0 aliphatic carbocycles. The zero-order valence-electron chi connectivity index (χ0n) is 12.5. The topological polar surface area (TPSA) is 80.5 Å². The van der Waals surface area contributed by atoms with E-state index >= 15 is 0 Å². The van der Waals surface area contributed by atoms with Crippen LogP contribution in [0.3, 0.4) is 0 Å². The highest BCUT2D eigenvalue weighted by molar-refractivity contribution is 7.99. The van der Waals surface area contributed by atoms with Crippen LogP contribution in [0.1, 0.15) is 25.6 Å². The van der Waals surface area contributed by atoms with Crippen molar-refractivity contribution in [3.05, 3.63) is 5.82 Å². The molecule has 2 rings (SSSR count). The Labute approximate surface area is 128 Å². The van der Waals surface area contributed by atoms with Crippen molar-refractivity contribution in [2.45, 2.75) is 31.5 Å². The molecule has 1 aliphatic rings. The molecule has 0 bridgehead atoms. The molecule has 0 saturated carbocycles. The van der Waals surface area contributed by atoms with Gasteiger partial charge in [0.25, 0.3) is 0 Å². The number of aromatic nitrogens is 3. The number of ether oxygens (including phenoxy) is 1. The fraction of sp³-hybridized carbons (Fsp3) is 0.769. The molecule has 1 aliphatic heterocycles. The van der Waals surface area contributed by atoms with Gasteiger partial charge < -0.3 is 14.4 Å². The van der Waals surface area contributed by atoms with E-state index in [1.165, 1.54) is 11.8 Å². The maximum absolute atomic E-state index is 10.7. The number of hydrogen-bond donors (Lipinski definition) is 1. The van der Waals surface area contributed by atoms with Crippen LogP contribution < -0.4 is 0 Å². The molecule has 0 spiro atoms. The van der Waals surface area contributed by atoms with Crippen LogP contribution in [0.4, 0.5) is 0 Å². The van der Waals surface area contributed by atoms with Gasteiger partial charge in [-0.15, -0.1) is 10.2 Å². The lowest BCUT2D eigenvalue weighted by molar-refractivity contribution is -0.133. The van der Waals surface area contributed by atoms with Crippen molar-refractivity contribution in [3.63, 3.8) is 0 Å². The molecule has 2 heterocycles. The van der Waals surface area contributed by atoms with Gasteiger partial charge in [0.1, 0.15) is 5.82 Å². The molecule has 0 amide bonds. The molecular formula is C13H22N4O3S. The van der Waals surface area contributed by atoms with E-state index in [1.807, 2.05) is 4.57 Å². The molecule has 1 fully saturated rings. The van der Waals surface area contributed by atoms with Crippen molar-refractivity contribution in [1.82, 2.24) is 19.7 Å². The maximum Gasteiger partial charge on any atom is 0.313 e. The van der Waals surface area contributed by atoms with Crippen LogP contribution in [0.5, 0.6) is 0 Å². The number of carboxylic acids is 1. The number of nitrogens with zero attached hydrogens (tertiary/aromatic N) is 4. The van der Waals surface area contributed by atoms with Crippen molar-refractivity contribution in [1.29, 1.82) is 0 Å². The van der Waals surface area contributed by atoms with Crippen molar-refractivity contribution >= 4 is 17.7 Å². The first-order valence-corrected chi connectivity index (χ1v) is 8.14. The average molecular weight is 314 g/mol. The quantitative estimate of drug-likeness (QED) is 0.749. The lowest BCUT2D eigenvalue weighted by atomic mass is 10.2. The maximum atomic E-state index is 10.7. The van der Waals surface area contributed by atoms with Gasteiger partial charge in [-0.2, -0.15) is 0 Å². The second-order valence-electron chi connectivity index (χ2n) is 5.28. The van der Waals surface area contributed by atoms with E-state index in [-0.39, 0.29) is 11.7 Å². The smallest absolute Gasteiger partial charge is 0.313 e. The third-order valence-electron chi connectivity index (χ3n) is 3.33. The Kier molecular flexibility index (Phi) is 6.01. The van der Waals surface area contributed by atoms with Crippen LogP contribution >= 0.6 is 11.8 Å². The number of aliphatic carboxylic acids is 1. The molecular weight excluding hydrogens is 292 g/mol. The molecule has 118 valence electrons. The zero-order valence-corrected chi connectivity index (χ0v) is 13.3. The Hall–Kier alpha value is -1.12. The van der Waals surface area contributed by atoms with Gasteiger partial charge in [0.2, 0.25) is 0 Å². The summed E-state index contributed by atoms with van der Waals surface area (Å²) in [6.45, 7) is 9.26. The van der Waals surface area contributed by atoms with Crippen LogP contribution in [-0.4, -0.2) is 69.3 Å². The van der Waals surface area contributed by atoms with E-state index in [0.29, 0.717) is 5.16 Å². The fourth-order valence-corrected chi connectivity index (χ4v) is 2.93. The largest absolute Gasteiger partial charge is 0.481 e. The van der Waals surface area contributed by atoms with Crippen LogP contribution in [0.2, 0.25) is 0 Å². The number of carboxylic acid groups (broad SMARTS) is 1. The summed E-state index contributed by atoms with van der Waals surface area (Å²) in [5.74, 6) is 0.347. The molecule has 0 atom stereocenters. The van der Waals surface area contributed by atoms with Crippen LogP contribution in [0, 0.1) is 0 Å². The molecule has 0 unspecified atom stereocenters. The highest BCUT2D eigenvalue weighted by Gasteiger charge is 2.18. The average Bonchev–Trinajstić information content (AvgIpc) is 2.87. The molecule has 21 heavy (non-hydrogen) atoms. The van der Waals surface area contributed by atoms with Gasteiger partial charge in [0, 0.05) is 32.1 Å². The number of rotatable bonds is 7. The second-order valence-corrected chi connectivity index (χ2v) is 6.23. The SMILES string of the molecule is CC(C)c1nnc(SCC(=O)O)n1CCN1CCOCC1. The lowest BCUT2D eigenvalue weighted by Gasteiger charge is -2.27. The highest BCUT2D eigenvalue weighted by Crippen LogP contribution is 2.21. The van der Waals surface area contributed by atoms with Gasteiger partial charge in [0.15, 0.2) is 5.16 Å². The predicted molar refractivity (Wildman–Crippen MR) is 79.7 cm³/mol. The monoisotopic (exact) mass is 314 g/mol. The molecule has 1 saturated heterocycles. The van der Waals surface area contributed by atoms with Gasteiger partial charge in [-0.1, -0.05) is 25.6 Å². The molecule has 1 aromatic heterocycles. The van der Waals surface area contributed by atoms with E-state index < -0.39 is 5.97 Å². The van der Waals surface area contributed by atoms with Crippen molar-refractivity contribution in [2.75, 3.05) is 38.6 Å². The van der Waals surface area contributed by atoms with Gasteiger partial charge in [0.05, 0.1) is 19.0 Å². The van der Waals surface area contributed by atoms with Crippen molar-refractivity contribution < 1.29 is 14.6 Å². The normalized spacial score (nSPS) is 16.5. The van der Waals surface area contributed by atoms with E-state index in [2.05, 4.69) is 28.9 Å². The Morgan fingerprint density at radius 3 is 2.67 bits per heavy atom. The summed E-state index contributed by atoms with van der Waals surface area (Å²) in [6, 6.07) is 0. The Bertz CT molecular complexity index is 472. The molecule has 1 aromatic rings. The summed E-state index contributed by atoms with van der Waals surface area (Å²) >= 11 is 1.23. The Morgan fingerprint density at radius 1 is 1.33 bits per heavy atom. The van der Waals surface area contributed by atoms with E-state index in [1.54, 1.807) is 0 Å². The standard InChI is InChI=1S/C13H22N4O3S/c1-10(2)12-14-15-13(21-9-11(18)19)17(12)4-3-16-5-7-20-8-6-16/h10H,3-9H2,1-2H3,(H,18,19). The van der Waals surface area contributed by atoms with E-state index in [0.717, 1.165) is 45.2 Å². The summed E-state index contributed by atoms with van der Waals surface area (Å²) < 4.78 is 7.39. The highest BCUT2D eigenvalue weighted by atomic mass is 32.2. The Balaban J connectivity index is 2.02. The molecule has 1 N–H and O–H groups in total. The summed E-state index contributed by atoms with van der Waals surface area (Å²) in [5, 5.41) is 17.9. The summed E-state index contributed by atoms with van der Waals surface area (Å²) in [6.07, 6.45) is 0. The minimum absolute atomic E-state index is 0.00772. The minimum Gasteiger partial charge on any atom is -0.481 e. The number of carbonyl (C=O) groups is 1. The van der Waals surface area contributed by atoms with Crippen LogP contribution in [-0.2, 0) is 16.1 Å². The second kappa shape index (κ2) is 7.77. The number of thioether (sulfide) groups is 1. The molecule has 0 radical (unpaired) electrons. The first kappa shape index (κ1) is 16.3. The Morgan fingerprint density at radius 2 is 2.05 bits per heavy atom. The molecule has 7 nitrogen and oxygen atoms in total. The first-order valence-electron chi connectivity index (χ1n) is 7.15. The van der Waals surface area contributed by atoms with Gasteiger partial charge in [-0.3, -0.25) is 9.69 Å². The van der Waals surface area contributed by atoms with Crippen LogP contribution in [0.15, 0.2) is 5.16 Å². The van der Waals surface area contributed by atoms with Gasteiger partial charge in [-0.05, 0) is 0 Å². The van der Waals surface area contributed by atoms with Crippen molar-refractivity contribution in [3.8, 4) is 0 Å². The van der Waals surface area contributed by atoms with Gasteiger partial charge in [-0.25, -0.2) is 0 Å². The van der Waals surface area contributed by atoms with E-state index in [9.17, 15) is 4.79 Å². The third kappa shape index (κ3) is 4.69. The van der Waals surface area contributed by atoms with E-state index in [4.69, 9.17) is 9.84 Å². The van der Waals surface area contributed by atoms with Crippen LogP contribution in [0.25, 0.3) is 0 Å². The fourth-order valence-electron chi connectivity index (χ4n) is 2.24. The first-order chi connectivity index (χ1) is 10.1. The molecule has 0 aromatic carbocycles. The third-order valence-corrected chi connectivity index (χ3v) is 4.28. The molecule has 8 heteroatoms. The summed E-state index contributed by atoms with van der Waals surface area (Å²) in [5.41, 5.74) is 0. The zero-order chi connectivity index (χ0) is 15.2.